The quantitative estimate of drug-likeness (QED) is 0.618. The molecule has 0 radical (unpaired) electrons. The van der Waals surface area contributed by atoms with E-state index in [1.165, 1.54) is 18.8 Å². The standard InChI is InChI=1S/C11H8ClN3O2S/c1-15-10(16)8-9(14-11(15)17)18-6-4-2-3-5(12)7(6)13-8/h2-4,13H,1H3,(H,14,17). The Bertz CT molecular complexity index is 766. The second kappa shape index (κ2) is 3.93. The molecule has 2 aromatic rings. The van der Waals surface area contributed by atoms with E-state index < -0.39 is 5.69 Å². The number of aromatic amines is 1. The van der Waals surface area contributed by atoms with Crippen molar-refractivity contribution in [3.63, 3.8) is 0 Å². The molecule has 2 N–H and O–H groups in total. The van der Waals surface area contributed by atoms with Crippen LogP contribution in [0.25, 0.3) is 0 Å². The third-order valence-electron chi connectivity index (χ3n) is 2.71. The van der Waals surface area contributed by atoms with E-state index in [2.05, 4.69) is 10.3 Å². The molecule has 7 heteroatoms. The van der Waals surface area contributed by atoms with E-state index in [-0.39, 0.29) is 5.56 Å². The number of hydrogen-bond donors (Lipinski definition) is 2. The van der Waals surface area contributed by atoms with Crippen LogP contribution in [0.4, 0.5) is 11.4 Å². The van der Waals surface area contributed by atoms with Crippen LogP contribution in [0, 0.1) is 0 Å². The van der Waals surface area contributed by atoms with Crippen LogP contribution >= 0.6 is 23.4 Å². The first-order valence-corrected chi connectivity index (χ1v) is 6.34. The Morgan fingerprint density at radius 2 is 2.06 bits per heavy atom. The number of H-pyrrole nitrogens is 1. The minimum atomic E-state index is -0.432. The summed E-state index contributed by atoms with van der Waals surface area (Å²) in [5.41, 5.74) is 0.244. The van der Waals surface area contributed by atoms with Crippen LogP contribution in [0.1, 0.15) is 0 Å². The predicted molar refractivity (Wildman–Crippen MR) is 71.2 cm³/mol. The van der Waals surface area contributed by atoms with E-state index in [0.717, 1.165) is 9.46 Å². The fraction of sp³-hybridized carbons (Fsp3) is 0.0909. The lowest BCUT2D eigenvalue weighted by Gasteiger charge is -2.20. The van der Waals surface area contributed by atoms with Gasteiger partial charge >= 0.3 is 5.69 Å². The molecular weight excluding hydrogens is 274 g/mol. The van der Waals surface area contributed by atoms with Gasteiger partial charge in [0.25, 0.3) is 5.56 Å². The average Bonchev–Trinajstić information content (AvgIpc) is 2.35. The summed E-state index contributed by atoms with van der Waals surface area (Å²) in [5.74, 6) is 0. The fourth-order valence-corrected chi connectivity index (χ4v) is 3.02. The summed E-state index contributed by atoms with van der Waals surface area (Å²) in [7, 11) is 1.43. The number of nitrogens with one attached hydrogen (secondary N) is 2. The Hall–Kier alpha value is -1.66. The zero-order valence-corrected chi connectivity index (χ0v) is 10.9. The van der Waals surface area contributed by atoms with Gasteiger partial charge in [-0.15, -0.1) is 0 Å². The number of rotatable bonds is 0. The number of para-hydroxylation sites is 1. The van der Waals surface area contributed by atoms with Crippen molar-refractivity contribution in [1.29, 1.82) is 0 Å². The Morgan fingerprint density at radius 1 is 1.28 bits per heavy atom. The Kier molecular flexibility index (Phi) is 2.49. The summed E-state index contributed by atoms with van der Waals surface area (Å²) >= 11 is 7.39. The summed E-state index contributed by atoms with van der Waals surface area (Å²) in [6.45, 7) is 0. The maximum atomic E-state index is 12.0. The highest BCUT2D eigenvalue weighted by Gasteiger charge is 2.22. The molecule has 0 spiro atoms. The number of benzene rings is 1. The summed E-state index contributed by atoms with van der Waals surface area (Å²) in [4.78, 5) is 27.0. The zero-order valence-electron chi connectivity index (χ0n) is 9.28. The van der Waals surface area contributed by atoms with Gasteiger partial charge in [0.15, 0.2) is 0 Å². The van der Waals surface area contributed by atoms with Crippen LogP contribution in [0.2, 0.25) is 5.02 Å². The second-order valence-electron chi connectivity index (χ2n) is 3.84. The molecule has 1 aromatic carbocycles. The number of anilines is 2. The predicted octanol–water partition coefficient (Wildman–Crippen LogP) is 1.94. The smallest absolute Gasteiger partial charge is 0.329 e. The van der Waals surface area contributed by atoms with Gasteiger partial charge in [-0.2, -0.15) is 0 Å². The molecular formula is C11H8ClN3O2S. The number of hydrogen-bond acceptors (Lipinski definition) is 4. The van der Waals surface area contributed by atoms with E-state index in [4.69, 9.17) is 11.6 Å². The van der Waals surface area contributed by atoms with Gasteiger partial charge in [0.1, 0.15) is 10.7 Å². The lowest BCUT2D eigenvalue weighted by atomic mass is 10.3. The lowest BCUT2D eigenvalue weighted by molar-refractivity contribution is 0.752. The van der Waals surface area contributed by atoms with Crippen molar-refractivity contribution in [3.05, 3.63) is 44.1 Å². The minimum Gasteiger partial charge on any atom is -0.347 e. The van der Waals surface area contributed by atoms with Gasteiger partial charge in [-0.25, -0.2) is 4.79 Å². The van der Waals surface area contributed by atoms with Gasteiger partial charge in [-0.3, -0.25) is 14.3 Å². The van der Waals surface area contributed by atoms with Crippen LogP contribution in [-0.2, 0) is 7.05 Å². The van der Waals surface area contributed by atoms with Crippen LogP contribution < -0.4 is 16.6 Å². The highest BCUT2D eigenvalue weighted by Crippen LogP contribution is 2.43. The van der Waals surface area contributed by atoms with E-state index in [0.29, 0.717) is 21.4 Å². The largest absolute Gasteiger partial charge is 0.347 e. The third-order valence-corrected chi connectivity index (χ3v) is 4.09. The van der Waals surface area contributed by atoms with Crippen molar-refractivity contribution in [2.45, 2.75) is 9.92 Å². The van der Waals surface area contributed by atoms with E-state index in [9.17, 15) is 9.59 Å². The van der Waals surface area contributed by atoms with Gasteiger partial charge in [0.2, 0.25) is 0 Å². The summed E-state index contributed by atoms with van der Waals surface area (Å²) < 4.78 is 1.02. The lowest BCUT2D eigenvalue weighted by Crippen LogP contribution is -2.35. The normalized spacial score (nSPS) is 12.6. The minimum absolute atomic E-state index is 0.350. The van der Waals surface area contributed by atoms with Crippen molar-refractivity contribution in [2.24, 2.45) is 7.05 Å². The maximum absolute atomic E-state index is 12.0. The molecule has 1 aliphatic rings. The molecule has 92 valence electrons. The van der Waals surface area contributed by atoms with E-state index in [1.54, 1.807) is 6.07 Å². The van der Waals surface area contributed by atoms with Crippen molar-refractivity contribution in [3.8, 4) is 0 Å². The Labute approximate surface area is 111 Å². The van der Waals surface area contributed by atoms with Crippen molar-refractivity contribution in [2.75, 3.05) is 5.32 Å². The molecule has 0 aliphatic carbocycles. The van der Waals surface area contributed by atoms with Crippen LogP contribution in [-0.4, -0.2) is 9.55 Å². The van der Waals surface area contributed by atoms with E-state index in [1.807, 2.05) is 12.1 Å². The number of aromatic nitrogens is 2. The highest BCUT2D eigenvalue weighted by atomic mass is 35.5. The van der Waals surface area contributed by atoms with Crippen molar-refractivity contribution in [1.82, 2.24) is 9.55 Å². The number of halogens is 1. The molecule has 0 amide bonds. The molecule has 0 atom stereocenters. The van der Waals surface area contributed by atoms with Gasteiger partial charge in [-0.05, 0) is 12.1 Å². The summed E-state index contributed by atoms with van der Waals surface area (Å²) in [5, 5.41) is 4.04. The highest BCUT2D eigenvalue weighted by molar-refractivity contribution is 7.99. The first-order valence-electron chi connectivity index (χ1n) is 5.14. The molecule has 0 saturated heterocycles. The van der Waals surface area contributed by atoms with Gasteiger partial charge in [-0.1, -0.05) is 29.4 Å². The molecule has 0 unspecified atom stereocenters. The molecule has 18 heavy (non-hydrogen) atoms. The first kappa shape index (κ1) is 11.4. The molecule has 3 rings (SSSR count). The first-order chi connectivity index (χ1) is 8.58. The van der Waals surface area contributed by atoms with Crippen LogP contribution in [0.3, 0.4) is 0 Å². The van der Waals surface area contributed by atoms with Crippen molar-refractivity contribution >= 4 is 34.7 Å². The van der Waals surface area contributed by atoms with E-state index >= 15 is 0 Å². The fourth-order valence-electron chi connectivity index (χ4n) is 1.73. The number of nitrogens with zero attached hydrogens (tertiary/aromatic N) is 1. The van der Waals surface area contributed by atoms with Gasteiger partial charge in [0.05, 0.1) is 10.7 Å². The topological polar surface area (TPSA) is 66.9 Å². The van der Waals surface area contributed by atoms with Crippen LogP contribution in [0.5, 0.6) is 0 Å². The van der Waals surface area contributed by atoms with Crippen LogP contribution in [0.15, 0.2) is 37.7 Å². The molecule has 0 bridgehead atoms. The monoisotopic (exact) mass is 281 g/mol. The molecule has 1 aromatic heterocycles. The molecule has 0 saturated carbocycles. The maximum Gasteiger partial charge on any atom is 0.329 e. The summed E-state index contributed by atoms with van der Waals surface area (Å²) in [6, 6.07) is 5.44. The van der Waals surface area contributed by atoms with Crippen molar-refractivity contribution < 1.29 is 0 Å². The average molecular weight is 282 g/mol. The number of fused-ring (bicyclic) bond motifs is 2. The van der Waals surface area contributed by atoms with Gasteiger partial charge in [0, 0.05) is 11.9 Å². The molecule has 1 aliphatic heterocycles. The third kappa shape index (κ3) is 1.57. The Balaban J connectivity index is 2.27. The summed E-state index contributed by atoms with van der Waals surface area (Å²) in [6.07, 6.45) is 0. The zero-order chi connectivity index (χ0) is 12.9. The second-order valence-corrected chi connectivity index (χ2v) is 5.30. The van der Waals surface area contributed by atoms with Gasteiger partial charge < -0.3 is 5.32 Å². The molecule has 2 heterocycles. The SMILES string of the molecule is Cn1c(=O)[nH]c2c(c1=O)Nc1c(Cl)cccc1S2. The Morgan fingerprint density at radius 3 is 2.83 bits per heavy atom. The molecule has 0 fully saturated rings. The molecule has 5 nitrogen and oxygen atoms in total.